The van der Waals surface area contributed by atoms with Crippen LogP contribution in [0.1, 0.15) is 98.3 Å². The number of carbonyl (C=O) groups excluding carboxylic acids is 5. The van der Waals surface area contributed by atoms with Gasteiger partial charge in [0.1, 0.15) is 11.7 Å². The van der Waals surface area contributed by atoms with Gasteiger partial charge < -0.3 is 14.2 Å². The summed E-state index contributed by atoms with van der Waals surface area (Å²) in [5.41, 5.74) is 0. The van der Waals surface area contributed by atoms with Crippen LogP contribution in [0.4, 0.5) is 4.79 Å². The van der Waals surface area contributed by atoms with E-state index in [1.54, 1.807) is 20.8 Å². The highest BCUT2D eigenvalue weighted by Gasteiger charge is 2.35. The van der Waals surface area contributed by atoms with Gasteiger partial charge in [-0.25, -0.2) is 9.69 Å². The van der Waals surface area contributed by atoms with Gasteiger partial charge in [-0.05, 0) is 40.0 Å². The Kier molecular flexibility index (Phi) is 19.7. The second kappa shape index (κ2) is 21.4. The van der Waals surface area contributed by atoms with Gasteiger partial charge in [0.05, 0.1) is 26.2 Å². The highest BCUT2D eigenvalue weighted by atomic mass is 16.6. The molecule has 2 amide bonds. The van der Waals surface area contributed by atoms with Crippen LogP contribution in [0.15, 0.2) is 0 Å². The van der Waals surface area contributed by atoms with Crippen LogP contribution in [0.25, 0.3) is 0 Å². The van der Waals surface area contributed by atoms with Crippen molar-refractivity contribution in [2.75, 3.05) is 26.4 Å². The minimum atomic E-state index is -1.26. The molecule has 0 aliphatic heterocycles. The molecule has 1 atom stereocenters. The summed E-state index contributed by atoms with van der Waals surface area (Å²) in [7, 11) is 0. The quantitative estimate of drug-likeness (QED) is 0.0865. The van der Waals surface area contributed by atoms with Crippen LogP contribution in [-0.4, -0.2) is 61.0 Å². The van der Waals surface area contributed by atoms with E-state index in [1.807, 2.05) is 0 Å². The summed E-state index contributed by atoms with van der Waals surface area (Å²) >= 11 is 0. The number of nitrogens with zero attached hydrogens (tertiary/aromatic N) is 1. The lowest BCUT2D eigenvalue weighted by Gasteiger charge is -2.24. The Labute approximate surface area is 215 Å². The van der Waals surface area contributed by atoms with Gasteiger partial charge in [-0.15, -0.1) is 11.8 Å². The van der Waals surface area contributed by atoms with Gasteiger partial charge in [0.15, 0.2) is 0 Å². The van der Waals surface area contributed by atoms with Crippen molar-refractivity contribution in [3.63, 3.8) is 0 Å². The first-order chi connectivity index (χ1) is 17.3. The minimum absolute atomic E-state index is 0.00505. The standard InChI is InChI=1S/C27H43NO8/c1-5-9-10-14-17-22(29)19-20-23(26(32)35-7-3)25(31)28(27(33)36-8-4)21-16-13-11-12-15-18-24(30)34-6-2/h23H,5-10,13-21H2,1-4H3. The van der Waals surface area contributed by atoms with E-state index in [4.69, 9.17) is 14.2 Å². The van der Waals surface area contributed by atoms with Crippen LogP contribution >= 0.6 is 0 Å². The third kappa shape index (κ3) is 15.2. The maximum absolute atomic E-state index is 13.2. The molecule has 0 saturated carbocycles. The summed E-state index contributed by atoms with van der Waals surface area (Å²) in [5, 5.41) is 0. The average molecular weight is 510 g/mol. The van der Waals surface area contributed by atoms with E-state index in [2.05, 4.69) is 18.8 Å². The number of carbonyl (C=O) groups is 5. The van der Waals surface area contributed by atoms with Gasteiger partial charge in [-0.1, -0.05) is 26.2 Å². The first-order valence-corrected chi connectivity index (χ1v) is 13.1. The lowest BCUT2D eigenvalue weighted by atomic mass is 9.97. The molecule has 0 aromatic carbocycles. The Morgan fingerprint density at radius 2 is 1.39 bits per heavy atom. The predicted octanol–water partition coefficient (Wildman–Crippen LogP) is 4.60. The van der Waals surface area contributed by atoms with Crippen LogP contribution in [0.5, 0.6) is 0 Å². The molecular formula is C27H43NO8. The number of amides is 2. The first-order valence-electron chi connectivity index (χ1n) is 13.1. The van der Waals surface area contributed by atoms with Crippen LogP contribution < -0.4 is 0 Å². The molecule has 204 valence electrons. The molecule has 0 heterocycles. The second-order valence-electron chi connectivity index (χ2n) is 8.14. The molecule has 0 spiro atoms. The van der Waals surface area contributed by atoms with Crippen molar-refractivity contribution in [2.45, 2.75) is 98.3 Å². The van der Waals surface area contributed by atoms with Crippen LogP contribution in [0.3, 0.4) is 0 Å². The number of esters is 2. The van der Waals surface area contributed by atoms with Crippen molar-refractivity contribution in [1.82, 2.24) is 4.90 Å². The third-order valence-electron chi connectivity index (χ3n) is 5.21. The van der Waals surface area contributed by atoms with Crippen molar-refractivity contribution in [2.24, 2.45) is 5.92 Å². The van der Waals surface area contributed by atoms with Crippen LogP contribution in [0, 0.1) is 17.8 Å². The van der Waals surface area contributed by atoms with E-state index in [-0.39, 0.29) is 50.8 Å². The number of hydrogen-bond acceptors (Lipinski definition) is 8. The summed E-state index contributed by atoms with van der Waals surface area (Å²) in [5.74, 6) is 2.69. The Hall–Kier alpha value is -2.89. The summed E-state index contributed by atoms with van der Waals surface area (Å²) in [4.78, 5) is 62.8. The van der Waals surface area contributed by atoms with Crippen molar-refractivity contribution in [3.8, 4) is 11.8 Å². The van der Waals surface area contributed by atoms with Crippen LogP contribution in [0.2, 0.25) is 0 Å². The summed E-state index contributed by atoms with van der Waals surface area (Å²) in [6.07, 6.45) is 4.76. The molecule has 0 N–H and O–H groups in total. The number of Topliss-reactive ketones (excluding diaryl/α,β-unsaturated/α-hetero) is 1. The van der Waals surface area contributed by atoms with Gasteiger partial charge in [-0.3, -0.25) is 19.2 Å². The number of imide groups is 1. The normalized spacial score (nSPS) is 11.0. The Bertz CT molecular complexity index is 753. The highest BCUT2D eigenvalue weighted by molar-refractivity contribution is 6.04. The van der Waals surface area contributed by atoms with Gasteiger partial charge >= 0.3 is 18.0 Å². The second-order valence-corrected chi connectivity index (χ2v) is 8.14. The first kappa shape index (κ1) is 33.1. The Morgan fingerprint density at radius 1 is 0.722 bits per heavy atom. The van der Waals surface area contributed by atoms with E-state index in [1.165, 1.54) is 0 Å². The molecule has 0 radical (unpaired) electrons. The highest BCUT2D eigenvalue weighted by Crippen LogP contribution is 2.17. The van der Waals surface area contributed by atoms with Gasteiger partial charge in [-0.2, -0.15) is 0 Å². The van der Waals surface area contributed by atoms with E-state index >= 15 is 0 Å². The van der Waals surface area contributed by atoms with E-state index in [0.29, 0.717) is 32.3 Å². The summed E-state index contributed by atoms with van der Waals surface area (Å²) < 4.78 is 14.9. The van der Waals surface area contributed by atoms with Crippen molar-refractivity contribution in [1.29, 1.82) is 0 Å². The number of ether oxygens (including phenoxy) is 3. The van der Waals surface area contributed by atoms with Crippen molar-refractivity contribution < 1.29 is 38.2 Å². The smallest absolute Gasteiger partial charge is 0.416 e. The molecular weight excluding hydrogens is 466 g/mol. The molecule has 36 heavy (non-hydrogen) atoms. The van der Waals surface area contributed by atoms with Crippen molar-refractivity contribution in [3.05, 3.63) is 0 Å². The van der Waals surface area contributed by atoms with Crippen LogP contribution in [-0.2, 0) is 33.4 Å². The molecule has 9 heteroatoms. The minimum Gasteiger partial charge on any atom is -0.466 e. The fraction of sp³-hybridized carbons (Fsp3) is 0.741. The van der Waals surface area contributed by atoms with Crippen molar-refractivity contribution >= 4 is 29.7 Å². The molecule has 0 fully saturated rings. The summed E-state index contributed by atoms with van der Waals surface area (Å²) in [6.45, 7) is 7.54. The fourth-order valence-electron chi connectivity index (χ4n) is 3.35. The molecule has 9 nitrogen and oxygen atoms in total. The number of ketones is 1. The SMILES string of the molecule is CCCCCCC(=O)CCC(C(=O)OCC)C(=O)N(CCCC#CCCC(=O)OCC)C(=O)OCC. The molecule has 0 bridgehead atoms. The number of unbranched alkanes of at least 4 members (excludes halogenated alkanes) is 4. The zero-order chi connectivity index (χ0) is 27.2. The van der Waals surface area contributed by atoms with Gasteiger partial charge in [0, 0.05) is 32.2 Å². The average Bonchev–Trinajstić information content (AvgIpc) is 2.84. The maximum Gasteiger partial charge on any atom is 0.416 e. The zero-order valence-corrected chi connectivity index (χ0v) is 22.4. The largest absolute Gasteiger partial charge is 0.466 e. The molecule has 0 rings (SSSR count). The Morgan fingerprint density at radius 3 is 2.03 bits per heavy atom. The Balaban J connectivity index is 5.11. The third-order valence-corrected chi connectivity index (χ3v) is 5.21. The molecule has 0 aliphatic carbocycles. The monoisotopic (exact) mass is 509 g/mol. The molecule has 0 aromatic rings. The maximum atomic E-state index is 13.2. The molecule has 0 aromatic heterocycles. The number of hydrogen-bond donors (Lipinski definition) is 0. The lowest BCUT2D eigenvalue weighted by Crippen LogP contribution is -2.44. The molecule has 0 saturated heterocycles. The van der Waals surface area contributed by atoms with Gasteiger partial charge in [0.25, 0.3) is 0 Å². The van der Waals surface area contributed by atoms with Gasteiger partial charge in [0.2, 0.25) is 5.91 Å². The van der Waals surface area contributed by atoms with E-state index in [0.717, 1.165) is 30.6 Å². The zero-order valence-electron chi connectivity index (χ0n) is 22.4. The molecule has 0 aliphatic rings. The van der Waals surface area contributed by atoms with E-state index < -0.39 is 23.9 Å². The number of rotatable bonds is 18. The topological polar surface area (TPSA) is 116 Å². The lowest BCUT2D eigenvalue weighted by molar-refractivity contribution is -0.155. The summed E-state index contributed by atoms with van der Waals surface area (Å²) in [6, 6.07) is 0. The predicted molar refractivity (Wildman–Crippen MR) is 135 cm³/mol. The molecule has 1 unspecified atom stereocenters. The van der Waals surface area contributed by atoms with E-state index in [9.17, 15) is 24.0 Å². The fourth-order valence-corrected chi connectivity index (χ4v) is 3.35.